The van der Waals surface area contributed by atoms with Crippen molar-refractivity contribution >= 4 is 34.5 Å². The van der Waals surface area contributed by atoms with Crippen LogP contribution in [0, 0.1) is 0 Å². The van der Waals surface area contributed by atoms with Crippen molar-refractivity contribution in [3.63, 3.8) is 0 Å². The first-order valence-electron chi connectivity index (χ1n) is 5.26. The van der Waals surface area contributed by atoms with Gasteiger partial charge in [0.1, 0.15) is 11.4 Å². The fraction of sp³-hybridized carbons (Fsp3) is 0.818. The molecular formula is C11H20INO3. The van der Waals surface area contributed by atoms with Gasteiger partial charge in [-0.1, -0.05) is 22.6 Å². The summed E-state index contributed by atoms with van der Waals surface area (Å²) in [5.74, 6) is 0.227. The number of carbonyl (C=O) groups is 2. The summed E-state index contributed by atoms with van der Waals surface area (Å²) in [5, 5.41) is 0. The summed E-state index contributed by atoms with van der Waals surface area (Å²) >= 11 is 2.15. The predicted molar refractivity (Wildman–Crippen MR) is 72.0 cm³/mol. The van der Waals surface area contributed by atoms with Crippen LogP contribution in [0.5, 0.6) is 0 Å². The molecule has 0 atom stereocenters. The van der Waals surface area contributed by atoms with Crippen LogP contribution in [0.3, 0.4) is 0 Å². The zero-order valence-electron chi connectivity index (χ0n) is 10.4. The van der Waals surface area contributed by atoms with Gasteiger partial charge < -0.3 is 9.64 Å². The van der Waals surface area contributed by atoms with Crippen LogP contribution in [0.4, 0.5) is 4.79 Å². The number of alkyl halides is 1. The highest BCUT2D eigenvalue weighted by atomic mass is 127. The van der Waals surface area contributed by atoms with E-state index in [2.05, 4.69) is 22.6 Å². The molecule has 0 N–H and O–H groups in total. The number of ether oxygens (including phenoxy) is 1. The standard InChI is InChI=1S/C10H17NO3.CH3I/c1-10(2,3)14-9(13)11-6-4-8(12)5-7-11;1-2/h4-7H2,1-3H3;1H3. The number of carbonyl (C=O) groups excluding carboxylic acids is 2. The second-order valence-corrected chi connectivity index (χ2v) is 4.51. The second kappa shape index (κ2) is 7.09. The molecule has 0 spiro atoms. The molecule has 0 aliphatic carbocycles. The monoisotopic (exact) mass is 341 g/mol. The van der Waals surface area contributed by atoms with Gasteiger partial charge in [0.2, 0.25) is 0 Å². The molecule has 1 rings (SSSR count). The molecule has 1 aliphatic rings. The minimum atomic E-state index is -0.460. The van der Waals surface area contributed by atoms with Gasteiger partial charge in [0.05, 0.1) is 0 Å². The van der Waals surface area contributed by atoms with Gasteiger partial charge in [-0.25, -0.2) is 4.79 Å². The molecule has 0 saturated carbocycles. The molecule has 1 amide bonds. The van der Waals surface area contributed by atoms with E-state index in [1.807, 2.05) is 25.7 Å². The first kappa shape index (κ1) is 15.7. The van der Waals surface area contributed by atoms with Crippen LogP contribution in [0.25, 0.3) is 0 Å². The third-order valence-corrected chi connectivity index (χ3v) is 1.97. The Bertz CT molecular complexity index is 238. The predicted octanol–water partition coefficient (Wildman–Crippen LogP) is 2.64. The topological polar surface area (TPSA) is 46.6 Å². The third kappa shape index (κ3) is 6.30. The largest absolute Gasteiger partial charge is 0.444 e. The highest BCUT2D eigenvalue weighted by molar-refractivity contribution is 14.1. The van der Waals surface area contributed by atoms with Crippen molar-refractivity contribution in [3.05, 3.63) is 0 Å². The number of piperidine rings is 1. The van der Waals surface area contributed by atoms with Crippen molar-refractivity contribution in [2.24, 2.45) is 0 Å². The van der Waals surface area contributed by atoms with Gasteiger partial charge >= 0.3 is 6.09 Å². The minimum Gasteiger partial charge on any atom is -0.444 e. The second-order valence-electron chi connectivity index (χ2n) is 4.51. The number of nitrogens with zero attached hydrogens (tertiary/aromatic N) is 1. The van der Waals surface area contributed by atoms with E-state index in [1.165, 1.54) is 0 Å². The van der Waals surface area contributed by atoms with E-state index in [1.54, 1.807) is 4.90 Å². The SMILES string of the molecule is CC(C)(C)OC(=O)N1CCC(=O)CC1.CI. The maximum absolute atomic E-state index is 11.5. The Labute approximate surface area is 111 Å². The lowest BCUT2D eigenvalue weighted by Crippen LogP contribution is -2.41. The first-order chi connectivity index (χ1) is 7.38. The quantitative estimate of drug-likeness (QED) is 0.503. The Morgan fingerprint density at radius 1 is 1.25 bits per heavy atom. The van der Waals surface area contributed by atoms with Gasteiger partial charge in [0.25, 0.3) is 0 Å². The smallest absolute Gasteiger partial charge is 0.410 e. The Kier molecular flexibility index (Phi) is 6.94. The average molecular weight is 341 g/mol. The highest BCUT2D eigenvalue weighted by Gasteiger charge is 2.25. The average Bonchev–Trinajstić information content (AvgIpc) is 2.19. The third-order valence-electron chi connectivity index (χ3n) is 1.97. The summed E-state index contributed by atoms with van der Waals surface area (Å²) in [7, 11) is 0. The molecule has 1 fully saturated rings. The molecule has 1 saturated heterocycles. The van der Waals surface area contributed by atoms with Gasteiger partial charge in [-0.3, -0.25) is 4.79 Å². The van der Waals surface area contributed by atoms with Crippen LogP contribution in [0.15, 0.2) is 0 Å². The molecule has 5 heteroatoms. The van der Waals surface area contributed by atoms with Crippen LogP contribution in [0.1, 0.15) is 33.6 Å². The van der Waals surface area contributed by atoms with Crippen molar-refractivity contribution in [1.29, 1.82) is 0 Å². The fourth-order valence-corrected chi connectivity index (χ4v) is 1.27. The van der Waals surface area contributed by atoms with Crippen molar-refractivity contribution < 1.29 is 14.3 Å². The molecule has 0 aromatic rings. The molecule has 0 aromatic carbocycles. The highest BCUT2D eigenvalue weighted by Crippen LogP contribution is 2.13. The van der Waals surface area contributed by atoms with Gasteiger partial charge in [-0.15, -0.1) is 0 Å². The molecular weight excluding hydrogens is 321 g/mol. The van der Waals surface area contributed by atoms with Gasteiger partial charge in [0.15, 0.2) is 0 Å². The molecule has 0 radical (unpaired) electrons. The maximum Gasteiger partial charge on any atom is 0.410 e. The van der Waals surface area contributed by atoms with Crippen LogP contribution < -0.4 is 0 Å². The summed E-state index contributed by atoms with van der Waals surface area (Å²) in [4.78, 5) is 26.0. The number of rotatable bonds is 0. The molecule has 0 unspecified atom stereocenters. The van der Waals surface area contributed by atoms with Gasteiger partial charge in [-0.05, 0) is 25.7 Å². The van der Waals surface area contributed by atoms with E-state index in [0.29, 0.717) is 25.9 Å². The molecule has 0 bridgehead atoms. The summed E-state index contributed by atoms with van der Waals surface area (Å²) in [5.41, 5.74) is -0.460. The number of likely N-dealkylation sites (tertiary alicyclic amines) is 1. The van der Waals surface area contributed by atoms with E-state index >= 15 is 0 Å². The number of halogens is 1. The molecule has 16 heavy (non-hydrogen) atoms. The van der Waals surface area contributed by atoms with Gasteiger partial charge in [-0.2, -0.15) is 0 Å². The fourth-order valence-electron chi connectivity index (χ4n) is 1.27. The molecule has 1 heterocycles. The number of hydrogen-bond donors (Lipinski definition) is 0. The Hall–Kier alpha value is -0.330. The zero-order valence-corrected chi connectivity index (χ0v) is 12.5. The van der Waals surface area contributed by atoms with E-state index < -0.39 is 5.60 Å². The van der Waals surface area contributed by atoms with Crippen LogP contribution in [0.2, 0.25) is 0 Å². The first-order valence-corrected chi connectivity index (χ1v) is 7.42. The van der Waals surface area contributed by atoms with Crippen LogP contribution >= 0.6 is 22.6 Å². The number of amides is 1. The zero-order chi connectivity index (χ0) is 12.8. The van der Waals surface area contributed by atoms with Crippen molar-refractivity contribution in [2.45, 2.75) is 39.2 Å². The van der Waals surface area contributed by atoms with Crippen molar-refractivity contribution in [1.82, 2.24) is 4.90 Å². The van der Waals surface area contributed by atoms with E-state index in [0.717, 1.165) is 0 Å². The van der Waals surface area contributed by atoms with E-state index in [-0.39, 0.29) is 11.9 Å². The van der Waals surface area contributed by atoms with Crippen LogP contribution in [-0.4, -0.2) is 40.4 Å². The number of hydrogen-bond acceptors (Lipinski definition) is 3. The molecule has 94 valence electrons. The van der Waals surface area contributed by atoms with E-state index in [9.17, 15) is 9.59 Å². The summed E-state index contributed by atoms with van der Waals surface area (Å²) in [6, 6.07) is 0. The molecule has 4 nitrogen and oxygen atoms in total. The maximum atomic E-state index is 11.5. The van der Waals surface area contributed by atoms with E-state index in [4.69, 9.17) is 4.74 Å². The summed E-state index contributed by atoms with van der Waals surface area (Å²) < 4.78 is 5.19. The lowest BCUT2D eigenvalue weighted by Gasteiger charge is -2.29. The lowest BCUT2D eigenvalue weighted by atomic mass is 10.1. The van der Waals surface area contributed by atoms with Crippen molar-refractivity contribution in [2.75, 3.05) is 18.0 Å². The molecule has 0 aromatic heterocycles. The Morgan fingerprint density at radius 2 is 1.69 bits per heavy atom. The number of ketones is 1. The molecule has 1 aliphatic heterocycles. The van der Waals surface area contributed by atoms with Gasteiger partial charge in [0, 0.05) is 25.9 Å². The Balaban J connectivity index is 0.00000106. The summed E-state index contributed by atoms with van der Waals surface area (Å²) in [6.45, 7) is 6.49. The van der Waals surface area contributed by atoms with Crippen molar-refractivity contribution in [3.8, 4) is 0 Å². The Morgan fingerprint density at radius 3 is 2.06 bits per heavy atom. The summed E-state index contributed by atoms with van der Waals surface area (Å²) in [6.07, 6.45) is 0.600. The minimum absolute atomic E-state index is 0.227. The normalized spacial score (nSPS) is 16.3. The lowest BCUT2D eigenvalue weighted by molar-refractivity contribution is -0.121. The number of Topliss-reactive ketones (excluding diaryl/α,β-unsaturated/α-hetero) is 1. The van der Waals surface area contributed by atoms with Crippen LogP contribution in [-0.2, 0) is 9.53 Å².